The molecule has 1 N–H and O–H groups in total. The summed E-state index contributed by atoms with van der Waals surface area (Å²) in [5.41, 5.74) is 5.42. The van der Waals surface area contributed by atoms with Crippen LogP contribution in [0, 0.1) is 0 Å². The standard InChI is InChI=1S/C24H25NO4/c1-18(20-9-5-3-6-10-20)17-28-22-14-13-19(16-26)15-23(22)29-24(25-27-2)21-11-7-4-8-12-21/h3-16,18,24-25H,17H2,1-2H3/t18-,24?/m1/s1. The third kappa shape index (κ3) is 5.67. The lowest BCUT2D eigenvalue weighted by atomic mass is 10.0. The second-order valence-corrected chi connectivity index (χ2v) is 6.68. The van der Waals surface area contributed by atoms with Crippen LogP contribution in [0.5, 0.6) is 11.5 Å². The van der Waals surface area contributed by atoms with Crippen LogP contribution in [0.4, 0.5) is 0 Å². The molecule has 0 saturated heterocycles. The van der Waals surface area contributed by atoms with E-state index in [0.29, 0.717) is 23.7 Å². The summed E-state index contributed by atoms with van der Waals surface area (Å²) < 4.78 is 12.2. The second-order valence-electron chi connectivity index (χ2n) is 6.68. The maximum atomic E-state index is 11.3. The molecular weight excluding hydrogens is 366 g/mol. The quantitative estimate of drug-likeness (QED) is 0.302. The first-order valence-corrected chi connectivity index (χ1v) is 9.48. The summed E-state index contributed by atoms with van der Waals surface area (Å²) in [6.45, 7) is 2.59. The van der Waals surface area contributed by atoms with Crippen molar-refractivity contribution in [1.29, 1.82) is 0 Å². The van der Waals surface area contributed by atoms with Crippen molar-refractivity contribution in [2.75, 3.05) is 13.7 Å². The number of hydroxylamine groups is 1. The molecule has 0 saturated carbocycles. The Morgan fingerprint density at radius 1 is 0.897 bits per heavy atom. The number of aldehydes is 1. The van der Waals surface area contributed by atoms with Gasteiger partial charge in [-0.25, -0.2) is 0 Å². The molecule has 0 amide bonds. The maximum absolute atomic E-state index is 11.3. The summed E-state index contributed by atoms with van der Waals surface area (Å²) in [6, 6.07) is 24.9. The molecule has 150 valence electrons. The molecule has 1 unspecified atom stereocenters. The zero-order valence-electron chi connectivity index (χ0n) is 16.6. The summed E-state index contributed by atoms with van der Waals surface area (Å²) in [6.07, 6.45) is 0.224. The molecule has 0 spiro atoms. The minimum Gasteiger partial charge on any atom is -0.489 e. The topological polar surface area (TPSA) is 56.8 Å². The number of benzene rings is 3. The van der Waals surface area contributed by atoms with Crippen LogP contribution in [0.25, 0.3) is 0 Å². The van der Waals surface area contributed by atoms with Gasteiger partial charge in [0.25, 0.3) is 0 Å². The van der Waals surface area contributed by atoms with E-state index in [9.17, 15) is 4.79 Å². The Bertz CT molecular complexity index is 899. The molecule has 5 heteroatoms. The third-order valence-corrected chi connectivity index (χ3v) is 4.53. The summed E-state index contributed by atoms with van der Waals surface area (Å²) in [4.78, 5) is 16.4. The van der Waals surface area contributed by atoms with Crippen molar-refractivity contribution in [2.45, 2.75) is 19.1 Å². The highest BCUT2D eigenvalue weighted by Crippen LogP contribution is 2.32. The second kappa shape index (κ2) is 10.4. The molecule has 0 aliphatic rings. The fourth-order valence-corrected chi connectivity index (χ4v) is 2.92. The van der Waals surface area contributed by atoms with E-state index in [-0.39, 0.29) is 5.92 Å². The monoisotopic (exact) mass is 391 g/mol. The molecule has 0 bridgehead atoms. The average Bonchev–Trinajstić information content (AvgIpc) is 2.78. The van der Waals surface area contributed by atoms with Gasteiger partial charge in [-0.3, -0.25) is 4.79 Å². The molecule has 0 aromatic heterocycles. The predicted molar refractivity (Wildman–Crippen MR) is 112 cm³/mol. The van der Waals surface area contributed by atoms with Gasteiger partial charge >= 0.3 is 0 Å². The van der Waals surface area contributed by atoms with E-state index < -0.39 is 6.23 Å². The first-order chi connectivity index (χ1) is 14.2. The molecule has 2 atom stereocenters. The predicted octanol–water partition coefficient (Wildman–Crippen LogP) is 4.91. The van der Waals surface area contributed by atoms with Crippen LogP contribution in [-0.4, -0.2) is 20.0 Å². The molecule has 0 aliphatic heterocycles. The van der Waals surface area contributed by atoms with Gasteiger partial charge < -0.3 is 14.3 Å². The number of nitrogens with one attached hydrogen (secondary N) is 1. The first-order valence-electron chi connectivity index (χ1n) is 9.48. The van der Waals surface area contributed by atoms with Gasteiger partial charge in [-0.2, -0.15) is 5.48 Å². The van der Waals surface area contributed by atoms with E-state index in [1.54, 1.807) is 18.2 Å². The molecule has 5 nitrogen and oxygen atoms in total. The molecule has 0 heterocycles. The van der Waals surface area contributed by atoms with Crippen LogP contribution in [0.15, 0.2) is 78.9 Å². The van der Waals surface area contributed by atoms with Crippen molar-refractivity contribution in [3.05, 3.63) is 95.6 Å². The highest BCUT2D eigenvalue weighted by molar-refractivity contribution is 5.76. The van der Waals surface area contributed by atoms with Gasteiger partial charge in [0, 0.05) is 17.0 Å². The summed E-state index contributed by atoms with van der Waals surface area (Å²) in [5.74, 6) is 1.24. The Hall–Kier alpha value is -3.15. The van der Waals surface area contributed by atoms with Crippen LogP contribution in [-0.2, 0) is 4.84 Å². The molecule has 3 rings (SSSR count). The number of ether oxygens (including phenoxy) is 2. The van der Waals surface area contributed by atoms with Gasteiger partial charge in [0.2, 0.25) is 0 Å². The van der Waals surface area contributed by atoms with Gasteiger partial charge in [-0.05, 0) is 23.8 Å². The molecular formula is C24H25NO4. The highest BCUT2D eigenvalue weighted by atomic mass is 16.7. The Balaban J connectivity index is 1.80. The number of rotatable bonds is 10. The van der Waals surface area contributed by atoms with E-state index in [2.05, 4.69) is 24.5 Å². The molecule has 3 aromatic carbocycles. The van der Waals surface area contributed by atoms with Crippen molar-refractivity contribution in [1.82, 2.24) is 5.48 Å². The van der Waals surface area contributed by atoms with Crippen LogP contribution < -0.4 is 15.0 Å². The van der Waals surface area contributed by atoms with E-state index in [1.165, 1.54) is 12.7 Å². The largest absolute Gasteiger partial charge is 0.489 e. The van der Waals surface area contributed by atoms with Crippen molar-refractivity contribution < 1.29 is 19.1 Å². The third-order valence-electron chi connectivity index (χ3n) is 4.53. The van der Waals surface area contributed by atoms with Crippen molar-refractivity contribution >= 4 is 6.29 Å². The van der Waals surface area contributed by atoms with Gasteiger partial charge in [-0.15, -0.1) is 0 Å². The van der Waals surface area contributed by atoms with Crippen LogP contribution >= 0.6 is 0 Å². The lowest BCUT2D eigenvalue weighted by Gasteiger charge is -2.22. The van der Waals surface area contributed by atoms with Crippen LogP contribution in [0.1, 0.15) is 40.6 Å². The Labute approximate surface area is 171 Å². The van der Waals surface area contributed by atoms with Gasteiger partial charge in [0.15, 0.2) is 17.7 Å². The van der Waals surface area contributed by atoms with Crippen LogP contribution in [0.2, 0.25) is 0 Å². The minimum absolute atomic E-state index is 0.205. The smallest absolute Gasteiger partial charge is 0.197 e. The Morgan fingerprint density at radius 3 is 2.17 bits per heavy atom. The van der Waals surface area contributed by atoms with E-state index in [4.69, 9.17) is 14.3 Å². The van der Waals surface area contributed by atoms with Gasteiger partial charge in [0.1, 0.15) is 6.29 Å². The van der Waals surface area contributed by atoms with Gasteiger partial charge in [0.05, 0.1) is 13.7 Å². The number of carbonyl (C=O) groups is 1. The van der Waals surface area contributed by atoms with Crippen molar-refractivity contribution in [3.8, 4) is 11.5 Å². The first kappa shape index (κ1) is 20.6. The van der Waals surface area contributed by atoms with Crippen LogP contribution in [0.3, 0.4) is 0 Å². The molecule has 0 radical (unpaired) electrons. The Morgan fingerprint density at radius 2 is 1.55 bits per heavy atom. The minimum atomic E-state index is -0.558. The lowest BCUT2D eigenvalue weighted by molar-refractivity contribution is -0.0194. The SMILES string of the molecule is CONC(Oc1cc(C=O)ccc1OC[C@@H](C)c1ccccc1)c1ccccc1. The van der Waals surface area contributed by atoms with Crippen molar-refractivity contribution in [3.63, 3.8) is 0 Å². The van der Waals surface area contributed by atoms with Gasteiger partial charge in [-0.1, -0.05) is 67.6 Å². The summed E-state index contributed by atoms with van der Waals surface area (Å²) >= 11 is 0. The average molecular weight is 391 g/mol. The number of hydrogen-bond donors (Lipinski definition) is 1. The molecule has 3 aromatic rings. The molecule has 0 aliphatic carbocycles. The lowest BCUT2D eigenvalue weighted by Crippen LogP contribution is -2.25. The van der Waals surface area contributed by atoms with E-state index in [1.807, 2.05) is 48.5 Å². The van der Waals surface area contributed by atoms with E-state index >= 15 is 0 Å². The molecule has 29 heavy (non-hydrogen) atoms. The fraction of sp³-hybridized carbons (Fsp3) is 0.208. The maximum Gasteiger partial charge on any atom is 0.197 e. The number of hydrogen-bond acceptors (Lipinski definition) is 5. The Kier molecular flexibility index (Phi) is 7.39. The summed E-state index contributed by atoms with van der Waals surface area (Å²) in [5, 5.41) is 0. The highest BCUT2D eigenvalue weighted by Gasteiger charge is 2.17. The number of carbonyl (C=O) groups excluding carboxylic acids is 1. The summed E-state index contributed by atoms with van der Waals surface area (Å²) in [7, 11) is 1.53. The fourth-order valence-electron chi connectivity index (χ4n) is 2.92. The zero-order chi connectivity index (χ0) is 20.5. The zero-order valence-corrected chi connectivity index (χ0v) is 16.6. The van der Waals surface area contributed by atoms with Crippen molar-refractivity contribution in [2.24, 2.45) is 0 Å². The molecule has 0 fully saturated rings. The van der Waals surface area contributed by atoms with E-state index in [0.717, 1.165) is 11.8 Å². The normalized spacial score (nSPS) is 12.8.